The Morgan fingerprint density at radius 3 is 2.55 bits per heavy atom. The number of hydrogen-bond donors (Lipinski definition) is 4. The van der Waals surface area contributed by atoms with Crippen LogP contribution in [-0.4, -0.2) is 69.3 Å². The molecule has 0 aliphatic carbocycles. The average molecular weight is 475 g/mol. The van der Waals surface area contributed by atoms with E-state index in [2.05, 4.69) is 15.6 Å². The van der Waals surface area contributed by atoms with Crippen molar-refractivity contribution < 1.29 is 24.6 Å². The zero-order chi connectivity index (χ0) is 24.1. The van der Waals surface area contributed by atoms with E-state index in [0.717, 1.165) is 21.7 Å². The maximum atomic E-state index is 12.9. The first-order chi connectivity index (χ1) is 15.7. The fourth-order valence-corrected chi connectivity index (χ4v) is 4.76. The van der Waals surface area contributed by atoms with Gasteiger partial charge in [-0.1, -0.05) is 31.2 Å². The van der Waals surface area contributed by atoms with Gasteiger partial charge in [-0.15, -0.1) is 11.3 Å². The molecule has 2 aromatic rings. The molecule has 1 aliphatic heterocycles. The van der Waals surface area contributed by atoms with E-state index in [1.165, 1.54) is 4.90 Å². The van der Waals surface area contributed by atoms with Crippen molar-refractivity contribution in [3.05, 3.63) is 41.0 Å². The van der Waals surface area contributed by atoms with Crippen molar-refractivity contribution in [1.82, 2.24) is 20.5 Å². The largest absolute Gasteiger partial charge is 0.465 e. The maximum absolute atomic E-state index is 12.9. The SMILES string of the molecule is Cc1ncsc1-c1ccc(CCNC(=O)[C@@H]2C[C@@H](O)CN2C(=O)[C@@H](C)[C@H](C)NC(=O)O)cc1. The lowest BCUT2D eigenvalue weighted by atomic mass is 10.0. The second kappa shape index (κ2) is 10.8. The van der Waals surface area contributed by atoms with Crippen molar-refractivity contribution in [1.29, 1.82) is 0 Å². The molecule has 10 heteroatoms. The van der Waals surface area contributed by atoms with Crippen LogP contribution in [0.15, 0.2) is 29.8 Å². The number of nitrogens with one attached hydrogen (secondary N) is 2. The number of nitrogens with zero attached hydrogens (tertiary/aromatic N) is 2. The molecule has 3 amide bonds. The smallest absolute Gasteiger partial charge is 0.404 e. The predicted octanol–water partition coefficient (Wildman–Crippen LogP) is 2.03. The van der Waals surface area contributed by atoms with Gasteiger partial charge in [0.1, 0.15) is 6.04 Å². The van der Waals surface area contributed by atoms with Crippen molar-refractivity contribution in [2.75, 3.05) is 13.1 Å². The van der Waals surface area contributed by atoms with Gasteiger partial charge in [0, 0.05) is 25.6 Å². The van der Waals surface area contributed by atoms with Crippen LogP contribution in [0.5, 0.6) is 0 Å². The highest BCUT2D eigenvalue weighted by molar-refractivity contribution is 7.13. The summed E-state index contributed by atoms with van der Waals surface area (Å²) >= 11 is 1.60. The number of β-amino-alcohol motifs (C(OH)–C–C–N with tert-alkyl or cyclic N) is 1. The molecule has 0 radical (unpaired) electrons. The summed E-state index contributed by atoms with van der Waals surface area (Å²) in [6, 6.07) is 6.73. The Morgan fingerprint density at radius 2 is 1.94 bits per heavy atom. The van der Waals surface area contributed by atoms with Crippen LogP contribution in [0.4, 0.5) is 4.79 Å². The molecule has 1 aliphatic rings. The van der Waals surface area contributed by atoms with E-state index < -0.39 is 30.2 Å². The van der Waals surface area contributed by atoms with Crippen LogP contribution in [0, 0.1) is 12.8 Å². The monoisotopic (exact) mass is 474 g/mol. The molecule has 0 unspecified atom stereocenters. The fourth-order valence-electron chi connectivity index (χ4n) is 3.95. The van der Waals surface area contributed by atoms with E-state index in [-0.39, 0.29) is 24.8 Å². The van der Waals surface area contributed by atoms with Crippen molar-refractivity contribution in [3.63, 3.8) is 0 Å². The van der Waals surface area contributed by atoms with E-state index in [9.17, 15) is 19.5 Å². The molecule has 1 fully saturated rings. The molecule has 4 atom stereocenters. The van der Waals surface area contributed by atoms with Gasteiger partial charge in [0.2, 0.25) is 11.8 Å². The highest BCUT2D eigenvalue weighted by Gasteiger charge is 2.41. The fraction of sp³-hybridized carbons (Fsp3) is 0.478. The van der Waals surface area contributed by atoms with Crippen LogP contribution in [0.1, 0.15) is 31.5 Å². The number of aliphatic hydroxyl groups is 1. The van der Waals surface area contributed by atoms with Crippen molar-refractivity contribution in [2.45, 2.75) is 51.8 Å². The van der Waals surface area contributed by atoms with Gasteiger partial charge in [-0.05, 0) is 31.4 Å². The molecule has 4 N–H and O–H groups in total. The Morgan fingerprint density at radius 1 is 1.24 bits per heavy atom. The lowest BCUT2D eigenvalue weighted by molar-refractivity contribution is -0.141. The molecule has 0 saturated carbocycles. The maximum Gasteiger partial charge on any atom is 0.404 e. The Kier molecular flexibility index (Phi) is 8.04. The zero-order valence-electron chi connectivity index (χ0n) is 18.9. The van der Waals surface area contributed by atoms with Crippen molar-refractivity contribution in [2.24, 2.45) is 5.92 Å². The minimum Gasteiger partial charge on any atom is -0.465 e. The summed E-state index contributed by atoms with van der Waals surface area (Å²) in [5.74, 6) is -1.34. The number of thiazole rings is 1. The molecular formula is C23H30N4O5S. The summed E-state index contributed by atoms with van der Waals surface area (Å²) in [6.07, 6.45) is -1.21. The van der Waals surface area contributed by atoms with Gasteiger partial charge in [0.15, 0.2) is 0 Å². The van der Waals surface area contributed by atoms with E-state index >= 15 is 0 Å². The van der Waals surface area contributed by atoms with E-state index in [0.29, 0.717) is 13.0 Å². The average Bonchev–Trinajstić information content (AvgIpc) is 3.38. The molecule has 1 saturated heterocycles. The van der Waals surface area contributed by atoms with Gasteiger partial charge in [-0.3, -0.25) is 9.59 Å². The first-order valence-corrected chi connectivity index (χ1v) is 11.8. The summed E-state index contributed by atoms with van der Waals surface area (Å²) < 4.78 is 0. The standard InChI is InChI=1S/C23H30N4O5S/c1-13(14(2)26-23(31)32)22(30)27-11-18(28)10-19(27)21(29)24-9-8-16-4-6-17(7-5-16)20-15(3)25-12-33-20/h4-7,12-14,18-19,26,28H,8-11H2,1-3H3,(H,24,29)(H,31,32)/t13-,14-,18+,19-/m0/s1. The molecule has 1 aromatic carbocycles. The van der Waals surface area contributed by atoms with Gasteiger partial charge < -0.3 is 25.7 Å². The van der Waals surface area contributed by atoms with Crippen molar-refractivity contribution in [3.8, 4) is 10.4 Å². The molecule has 33 heavy (non-hydrogen) atoms. The van der Waals surface area contributed by atoms with Crippen molar-refractivity contribution >= 4 is 29.2 Å². The number of aryl methyl sites for hydroxylation is 1. The number of rotatable bonds is 8. The minimum absolute atomic E-state index is 0.0551. The van der Waals surface area contributed by atoms with Crippen LogP contribution in [0.25, 0.3) is 10.4 Å². The summed E-state index contributed by atoms with van der Waals surface area (Å²) in [4.78, 5) is 43.3. The summed E-state index contributed by atoms with van der Waals surface area (Å²) in [6.45, 7) is 5.64. The lowest BCUT2D eigenvalue weighted by Crippen LogP contribution is -2.51. The third-order valence-corrected chi connectivity index (χ3v) is 7.01. The summed E-state index contributed by atoms with van der Waals surface area (Å²) in [7, 11) is 0. The van der Waals surface area contributed by atoms with E-state index in [1.54, 1.807) is 25.2 Å². The third kappa shape index (κ3) is 6.08. The first-order valence-electron chi connectivity index (χ1n) is 10.9. The lowest BCUT2D eigenvalue weighted by Gasteiger charge is -2.29. The molecular weight excluding hydrogens is 444 g/mol. The first kappa shape index (κ1) is 24.7. The summed E-state index contributed by atoms with van der Waals surface area (Å²) in [5, 5.41) is 24.1. The number of carbonyl (C=O) groups excluding carboxylic acids is 2. The topological polar surface area (TPSA) is 132 Å². The van der Waals surface area contributed by atoms with Gasteiger partial charge in [0.05, 0.1) is 28.1 Å². The molecule has 2 heterocycles. The number of benzene rings is 1. The number of hydrogen-bond acceptors (Lipinski definition) is 6. The summed E-state index contributed by atoms with van der Waals surface area (Å²) in [5.41, 5.74) is 5.01. The van der Waals surface area contributed by atoms with Gasteiger partial charge >= 0.3 is 6.09 Å². The Bertz CT molecular complexity index is 993. The zero-order valence-corrected chi connectivity index (χ0v) is 19.8. The molecule has 0 spiro atoms. The van der Waals surface area contributed by atoms with Gasteiger partial charge in [-0.2, -0.15) is 0 Å². The molecule has 0 bridgehead atoms. The Balaban J connectivity index is 1.54. The van der Waals surface area contributed by atoms with Crippen LogP contribution in [0.3, 0.4) is 0 Å². The van der Waals surface area contributed by atoms with Crippen LogP contribution in [0.2, 0.25) is 0 Å². The van der Waals surface area contributed by atoms with E-state index in [4.69, 9.17) is 5.11 Å². The molecule has 9 nitrogen and oxygen atoms in total. The van der Waals surface area contributed by atoms with Crippen LogP contribution in [-0.2, 0) is 16.0 Å². The number of amides is 3. The number of aromatic nitrogens is 1. The van der Waals surface area contributed by atoms with Gasteiger partial charge in [-0.25, -0.2) is 9.78 Å². The highest BCUT2D eigenvalue weighted by Crippen LogP contribution is 2.27. The number of carboxylic acid groups (broad SMARTS) is 1. The number of carbonyl (C=O) groups is 3. The number of aliphatic hydroxyl groups excluding tert-OH is 1. The predicted molar refractivity (Wildman–Crippen MR) is 125 cm³/mol. The second-order valence-electron chi connectivity index (χ2n) is 8.43. The Labute approximate surface area is 196 Å². The Hall–Kier alpha value is -2.98. The molecule has 178 valence electrons. The number of likely N-dealkylation sites (tertiary alicyclic amines) is 1. The van der Waals surface area contributed by atoms with Crippen LogP contribution >= 0.6 is 11.3 Å². The second-order valence-corrected chi connectivity index (χ2v) is 9.28. The van der Waals surface area contributed by atoms with E-state index in [1.807, 2.05) is 36.7 Å². The van der Waals surface area contributed by atoms with Gasteiger partial charge in [0.25, 0.3) is 0 Å². The quantitative estimate of drug-likeness (QED) is 0.463. The van der Waals surface area contributed by atoms with Crippen LogP contribution < -0.4 is 10.6 Å². The minimum atomic E-state index is -1.21. The third-order valence-electron chi connectivity index (χ3n) is 6.03. The highest BCUT2D eigenvalue weighted by atomic mass is 32.1. The molecule has 3 rings (SSSR count). The molecule has 1 aromatic heterocycles. The normalized spacial score (nSPS) is 19.7.